The Morgan fingerprint density at radius 2 is 2.20 bits per heavy atom. The van der Waals surface area contributed by atoms with Gasteiger partial charge in [0.15, 0.2) is 11.5 Å². The zero-order valence-corrected chi connectivity index (χ0v) is 16.0. The van der Waals surface area contributed by atoms with Gasteiger partial charge in [0.05, 0.1) is 18.2 Å². The molecule has 0 aliphatic carbocycles. The van der Waals surface area contributed by atoms with Crippen LogP contribution in [0.5, 0.6) is 11.5 Å². The quantitative estimate of drug-likeness (QED) is 0.653. The van der Waals surface area contributed by atoms with Gasteiger partial charge >= 0.3 is 0 Å². The standard InChI is InChI=1S/C19H29ClN2O3/c1-3-5-9-25-18-16(20)10-15(11-17(18)24-4-2)19(23)22-13-14-7-6-8-21-12-14/h10-11,14,21H,3-9,12-13H2,1-2H3,(H,22,23). The van der Waals surface area contributed by atoms with Gasteiger partial charge in [-0.3, -0.25) is 4.79 Å². The molecule has 5 nitrogen and oxygen atoms in total. The van der Waals surface area contributed by atoms with Crippen LogP contribution in [-0.2, 0) is 0 Å². The second-order valence-corrected chi connectivity index (χ2v) is 6.75. The second kappa shape index (κ2) is 10.5. The number of amides is 1. The van der Waals surface area contributed by atoms with Crippen LogP contribution >= 0.6 is 11.6 Å². The lowest BCUT2D eigenvalue weighted by Crippen LogP contribution is -2.38. The van der Waals surface area contributed by atoms with Crippen molar-refractivity contribution in [3.8, 4) is 11.5 Å². The first kappa shape index (κ1) is 19.9. The summed E-state index contributed by atoms with van der Waals surface area (Å²) in [6.45, 7) is 7.75. The second-order valence-electron chi connectivity index (χ2n) is 6.34. The summed E-state index contributed by atoms with van der Waals surface area (Å²) in [6.07, 6.45) is 4.28. The third-order valence-corrected chi connectivity index (χ3v) is 4.55. The van der Waals surface area contributed by atoms with Crippen LogP contribution in [0, 0.1) is 5.92 Å². The van der Waals surface area contributed by atoms with Crippen LogP contribution in [0.2, 0.25) is 5.02 Å². The Hall–Kier alpha value is -1.46. The van der Waals surface area contributed by atoms with E-state index in [9.17, 15) is 4.79 Å². The smallest absolute Gasteiger partial charge is 0.251 e. The van der Waals surface area contributed by atoms with Gasteiger partial charge < -0.3 is 20.1 Å². The van der Waals surface area contributed by atoms with E-state index in [1.54, 1.807) is 12.1 Å². The van der Waals surface area contributed by atoms with E-state index < -0.39 is 0 Å². The summed E-state index contributed by atoms with van der Waals surface area (Å²) < 4.78 is 11.4. The van der Waals surface area contributed by atoms with Crippen LogP contribution in [0.25, 0.3) is 0 Å². The summed E-state index contributed by atoms with van der Waals surface area (Å²) >= 11 is 6.35. The summed E-state index contributed by atoms with van der Waals surface area (Å²) in [7, 11) is 0. The lowest BCUT2D eigenvalue weighted by Gasteiger charge is -2.23. The van der Waals surface area contributed by atoms with E-state index in [-0.39, 0.29) is 5.91 Å². The van der Waals surface area contributed by atoms with E-state index in [2.05, 4.69) is 17.6 Å². The van der Waals surface area contributed by atoms with E-state index in [4.69, 9.17) is 21.1 Å². The van der Waals surface area contributed by atoms with Crippen molar-refractivity contribution in [3.63, 3.8) is 0 Å². The third kappa shape index (κ3) is 6.08. The van der Waals surface area contributed by atoms with Gasteiger partial charge in [-0.2, -0.15) is 0 Å². The van der Waals surface area contributed by atoms with Crippen molar-refractivity contribution in [3.05, 3.63) is 22.7 Å². The highest BCUT2D eigenvalue weighted by atomic mass is 35.5. The first-order valence-electron chi connectivity index (χ1n) is 9.23. The monoisotopic (exact) mass is 368 g/mol. The minimum Gasteiger partial charge on any atom is -0.490 e. The van der Waals surface area contributed by atoms with Gasteiger partial charge in [0.2, 0.25) is 0 Å². The van der Waals surface area contributed by atoms with Crippen molar-refractivity contribution >= 4 is 17.5 Å². The molecule has 0 bridgehead atoms. The van der Waals surface area contributed by atoms with Gasteiger partial charge in [-0.25, -0.2) is 0 Å². The lowest BCUT2D eigenvalue weighted by molar-refractivity contribution is 0.0944. The SMILES string of the molecule is CCCCOc1c(Cl)cc(C(=O)NCC2CCCNC2)cc1OCC. The number of carbonyl (C=O) groups is 1. The number of hydrogen-bond donors (Lipinski definition) is 2. The van der Waals surface area contributed by atoms with Crippen LogP contribution in [0.1, 0.15) is 49.9 Å². The van der Waals surface area contributed by atoms with Gasteiger partial charge in [-0.05, 0) is 57.3 Å². The first-order valence-corrected chi connectivity index (χ1v) is 9.61. The van der Waals surface area contributed by atoms with E-state index in [1.165, 1.54) is 0 Å². The molecule has 1 aliphatic heterocycles. The maximum Gasteiger partial charge on any atom is 0.251 e. The number of nitrogens with one attached hydrogen (secondary N) is 2. The van der Waals surface area contributed by atoms with E-state index in [1.807, 2.05) is 6.92 Å². The number of ether oxygens (including phenoxy) is 2. The number of hydrogen-bond acceptors (Lipinski definition) is 4. The molecule has 1 atom stereocenters. The van der Waals surface area contributed by atoms with Crippen LogP contribution in [0.15, 0.2) is 12.1 Å². The van der Waals surface area contributed by atoms with Gasteiger partial charge in [0, 0.05) is 12.1 Å². The Kier molecular flexibility index (Phi) is 8.35. The van der Waals surface area contributed by atoms with Crippen molar-refractivity contribution in [2.24, 2.45) is 5.92 Å². The molecule has 2 N–H and O–H groups in total. The molecule has 1 heterocycles. The van der Waals surface area contributed by atoms with Gasteiger partial charge in [-0.1, -0.05) is 24.9 Å². The molecule has 1 amide bonds. The van der Waals surface area contributed by atoms with Crippen LogP contribution in [0.3, 0.4) is 0 Å². The molecule has 0 aromatic heterocycles. The Bertz CT molecular complexity index is 560. The number of halogens is 1. The Morgan fingerprint density at radius 3 is 2.88 bits per heavy atom. The fourth-order valence-electron chi connectivity index (χ4n) is 2.86. The molecule has 25 heavy (non-hydrogen) atoms. The summed E-state index contributed by atoms with van der Waals surface area (Å²) in [5.41, 5.74) is 0.500. The predicted octanol–water partition coefficient (Wildman–Crippen LogP) is 3.65. The number of benzene rings is 1. The predicted molar refractivity (Wildman–Crippen MR) is 101 cm³/mol. The molecule has 1 aliphatic rings. The van der Waals surface area contributed by atoms with Crippen molar-refractivity contribution in [2.45, 2.75) is 39.5 Å². The van der Waals surface area contributed by atoms with Crippen molar-refractivity contribution in [1.29, 1.82) is 0 Å². The third-order valence-electron chi connectivity index (χ3n) is 4.27. The molecule has 1 fully saturated rings. The average molecular weight is 369 g/mol. The fourth-order valence-corrected chi connectivity index (χ4v) is 3.12. The molecule has 1 aromatic carbocycles. The summed E-state index contributed by atoms with van der Waals surface area (Å²) in [4.78, 5) is 12.5. The minimum atomic E-state index is -0.131. The highest BCUT2D eigenvalue weighted by molar-refractivity contribution is 6.32. The molecule has 140 valence electrons. The van der Waals surface area contributed by atoms with E-state index >= 15 is 0 Å². The van der Waals surface area contributed by atoms with Gasteiger partial charge in [0.1, 0.15) is 0 Å². The molecule has 1 saturated heterocycles. The van der Waals surface area contributed by atoms with Crippen molar-refractivity contribution in [2.75, 3.05) is 32.8 Å². The minimum absolute atomic E-state index is 0.131. The van der Waals surface area contributed by atoms with Gasteiger partial charge in [0.25, 0.3) is 5.91 Å². The van der Waals surface area contributed by atoms with Crippen LogP contribution < -0.4 is 20.1 Å². The molecular weight excluding hydrogens is 340 g/mol. The fraction of sp³-hybridized carbons (Fsp3) is 0.632. The molecule has 0 radical (unpaired) electrons. The Morgan fingerprint density at radius 1 is 1.36 bits per heavy atom. The molecule has 6 heteroatoms. The molecule has 1 unspecified atom stereocenters. The average Bonchev–Trinajstić information content (AvgIpc) is 2.62. The maximum absolute atomic E-state index is 12.5. The van der Waals surface area contributed by atoms with Crippen LogP contribution in [-0.4, -0.2) is 38.8 Å². The lowest BCUT2D eigenvalue weighted by atomic mass is 9.99. The van der Waals surface area contributed by atoms with E-state index in [0.29, 0.717) is 47.8 Å². The Labute approximate surface area is 155 Å². The molecule has 0 spiro atoms. The highest BCUT2D eigenvalue weighted by Gasteiger charge is 2.18. The zero-order chi connectivity index (χ0) is 18.1. The normalized spacial score (nSPS) is 17.2. The molecular formula is C19H29ClN2O3. The number of piperidine rings is 1. The largest absolute Gasteiger partial charge is 0.490 e. The maximum atomic E-state index is 12.5. The topological polar surface area (TPSA) is 59.6 Å². The number of carbonyl (C=O) groups excluding carboxylic acids is 1. The first-order chi connectivity index (χ1) is 12.2. The van der Waals surface area contributed by atoms with Crippen LogP contribution in [0.4, 0.5) is 0 Å². The zero-order valence-electron chi connectivity index (χ0n) is 15.2. The summed E-state index contributed by atoms with van der Waals surface area (Å²) in [5.74, 6) is 1.39. The van der Waals surface area contributed by atoms with E-state index in [0.717, 1.165) is 38.8 Å². The molecule has 1 aromatic rings. The van der Waals surface area contributed by atoms with Crippen molar-refractivity contribution in [1.82, 2.24) is 10.6 Å². The molecule has 0 saturated carbocycles. The molecule has 2 rings (SSSR count). The number of rotatable bonds is 9. The highest BCUT2D eigenvalue weighted by Crippen LogP contribution is 2.37. The van der Waals surface area contributed by atoms with Crippen molar-refractivity contribution < 1.29 is 14.3 Å². The number of unbranched alkanes of at least 4 members (excludes halogenated alkanes) is 1. The summed E-state index contributed by atoms with van der Waals surface area (Å²) in [6, 6.07) is 3.37. The van der Waals surface area contributed by atoms with Gasteiger partial charge in [-0.15, -0.1) is 0 Å². The Balaban J connectivity index is 2.04. The summed E-state index contributed by atoms with van der Waals surface area (Å²) in [5, 5.41) is 6.77.